The molecular weight excluding hydrogens is 352 g/mol. The van der Waals surface area contributed by atoms with Crippen LogP contribution in [0.3, 0.4) is 0 Å². The zero-order chi connectivity index (χ0) is 18.5. The smallest absolute Gasteiger partial charge is 0.229 e. The first-order valence-electron chi connectivity index (χ1n) is 7.94. The van der Waals surface area contributed by atoms with Crippen LogP contribution in [0.4, 0.5) is 23.1 Å². The zero-order valence-corrected chi connectivity index (χ0v) is 15.5. The van der Waals surface area contributed by atoms with Crippen molar-refractivity contribution in [2.24, 2.45) is 0 Å². The van der Waals surface area contributed by atoms with Crippen molar-refractivity contribution in [1.82, 2.24) is 9.97 Å². The maximum Gasteiger partial charge on any atom is 0.229 e. The molecule has 0 aliphatic rings. The highest BCUT2D eigenvalue weighted by molar-refractivity contribution is 6.31. The quantitative estimate of drug-likeness (QED) is 0.640. The average molecular weight is 371 g/mol. The minimum atomic E-state index is 0.485. The Morgan fingerprint density at radius 1 is 0.885 bits per heavy atom. The largest absolute Gasteiger partial charge is 0.497 e. The van der Waals surface area contributed by atoms with E-state index in [4.69, 9.17) is 21.1 Å². The van der Waals surface area contributed by atoms with Crippen LogP contribution in [0.25, 0.3) is 0 Å². The predicted octanol–water partition coefficient (Wildman–Crippen LogP) is 4.94. The molecule has 0 aliphatic heterocycles. The van der Waals surface area contributed by atoms with Crippen molar-refractivity contribution >= 4 is 34.7 Å². The van der Waals surface area contributed by atoms with E-state index >= 15 is 0 Å². The topological polar surface area (TPSA) is 68.3 Å². The number of anilines is 4. The summed E-state index contributed by atoms with van der Waals surface area (Å²) in [5.41, 5.74) is 2.41. The van der Waals surface area contributed by atoms with Crippen molar-refractivity contribution in [2.45, 2.75) is 6.92 Å². The van der Waals surface area contributed by atoms with Gasteiger partial charge >= 0.3 is 0 Å². The summed E-state index contributed by atoms with van der Waals surface area (Å²) in [4.78, 5) is 8.93. The molecule has 3 rings (SSSR count). The highest BCUT2D eigenvalue weighted by Crippen LogP contribution is 2.30. The number of benzene rings is 2. The van der Waals surface area contributed by atoms with Crippen molar-refractivity contribution in [2.75, 3.05) is 24.9 Å². The van der Waals surface area contributed by atoms with E-state index in [2.05, 4.69) is 20.6 Å². The number of hydrogen-bond acceptors (Lipinski definition) is 6. The van der Waals surface area contributed by atoms with Crippen molar-refractivity contribution in [3.63, 3.8) is 0 Å². The van der Waals surface area contributed by atoms with Crippen LogP contribution in [0, 0.1) is 6.92 Å². The summed E-state index contributed by atoms with van der Waals surface area (Å²) in [5, 5.41) is 7.02. The highest BCUT2D eigenvalue weighted by atomic mass is 35.5. The number of aromatic nitrogens is 2. The fourth-order valence-corrected chi connectivity index (χ4v) is 2.58. The molecule has 2 N–H and O–H groups in total. The lowest BCUT2D eigenvalue weighted by Crippen LogP contribution is -2.03. The van der Waals surface area contributed by atoms with Gasteiger partial charge in [-0.25, -0.2) is 4.98 Å². The Labute approximate surface area is 157 Å². The highest BCUT2D eigenvalue weighted by Gasteiger charge is 2.08. The van der Waals surface area contributed by atoms with E-state index in [1.54, 1.807) is 32.4 Å². The second-order valence-corrected chi connectivity index (χ2v) is 5.98. The molecule has 0 atom stereocenters. The molecule has 0 unspecified atom stereocenters. The number of hydrogen-bond donors (Lipinski definition) is 2. The standard InChI is InChI=1S/C19H19ClN4O2/c1-12-10-18(23-16-11-13(20)4-9-17(16)26-3)24-19(21-12)22-14-5-7-15(25-2)8-6-14/h4-11H,1-3H3,(H2,21,22,23,24). The fraction of sp³-hybridized carbons (Fsp3) is 0.158. The molecule has 1 aromatic heterocycles. The number of nitrogens with one attached hydrogen (secondary N) is 2. The normalized spacial score (nSPS) is 10.3. The number of ether oxygens (including phenoxy) is 2. The Balaban J connectivity index is 1.84. The number of nitrogens with zero attached hydrogens (tertiary/aromatic N) is 2. The molecule has 0 saturated heterocycles. The Bertz CT molecular complexity index is 901. The van der Waals surface area contributed by atoms with E-state index in [-0.39, 0.29) is 0 Å². The van der Waals surface area contributed by atoms with E-state index in [1.165, 1.54) is 0 Å². The monoisotopic (exact) mass is 370 g/mol. The van der Waals surface area contributed by atoms with Gasteiger partial charge in [-0.2, -0.15) is 4.98 Å². The molecule has 0 amide bonds. The maximum atomic E-state index is 6.08. The molecule has 26 heavy (non-hydrogen) atoms. The molecule has 0 radical (unpaired) electrons. The van der Waals surface area contributed by atoms with Crippen LogP contribution in [0.5, 0.6) is 11.5 Å². The molecule has 7 heteroatoms. The number of methoxy groups -OCH3 is 2. The van der Waals surface area contributed by atoms with Crippen LogP contribution >= 0.6 is 11.6 Å². The lowest BCUT2D eigenvalue weighted by Gasteiger charge is -2.13. The molecule has 0 saturated carbocycles. The number of aryl methyl sites for hydroxylation is 1. The van der Waals surface area contributed by atoms with Crippen molar-refractivity contribution in [3.05, 3.63) is 59.2 Å². The third kappa shape index (κ3) is 4.34. The van der Waals surface area contributed by atoms with Crippen LogP contribution < -0.4 is 20.1 Å². The second kappa shape index (κ2) is 7.93. The second-order valence-electron chi connectivity index (χ2n) is 5.54. The Morgan fingerprint density at radius 3 is 2.35 bits per heavy atom. The molecule has 0 fully saturated rings. The van der Waals surface area contributed by atoms with Gasteiger partial charge < -0.3 is 20.1 Å². The van der Waals surface area contributed by atoms with Crippen LogP contribution in [0.1, 0.15) is 5.69 Å². The predicted molar refractivity (Wildman–Crippen MR) is 104 cm³/mol. The average Bonchev–Trinajstić information content (AvgIpc) is 2.62. The molecule has 6 nitrogen and oxygen atoms in total. The van der Waals surface area contributed by atoms with Crippen molar-refractivity contribution < 1.29 is 9.47 Å². The van der Waals surface area contributed by atoms with Gasteiger partial charge in [0, 0.05) is 22.5 Å². The van der Waals surface area contributed by atoms with Crippen molar-refractivity contribution in [1.29, 1.82) is 0 Å². The van der Waals surface area contributed by atoms with Crippen LogP contribution in [-0.2, 0) is 0 Å². The van der Waals surface area contributed by atoms with E-state index in [0.29, 0.717) is 22.5 Å². The van der Waals surface area contributed by atoms with Gasteiger partial charge in [-0.1, -0.05) is 11.6 Å². The Kier molecular flexibility index (Phi) is 5.43. The summed E-state index contributed by atoms with van der Waals surface area (Å²) in [5.74, 6) is 2.58. The summed E-state index contributed by atoms with van der Waals surface area (Å²) in [6.07, 6.45) is 0. The van der Waals surface area contributed by atoms with Gasteiger partial charge in [-0.15, -0.1) is 0 Å². The first kappa shape index (κ1) is 17.8. The summed E-state index contributed by atoms with van der Waals surface area (Å²) >= 11 is 6.08. The Morgan fingerprint density at radius 2 is 1.65 bits per heavy atom. The zero-order valence-electron chi connectivity index (χ0n) is 14.7. The molecule has 1 heterocycles. The molecule has 2 aromatic carbocycles. The minimum Gasteiger partial charge on any atom is -0.497 e. The third-order valence-corrected chi connectivity index (χ3v) is 3.86. The van der Waals surface area contributed by atoms with Gasteiger partial charge in [0.05, 0.1) is 19.9 Å². The third-order valence-electron chi connectivity index (χ3n) is 3.62. The first-order chi connectivity index (χ1) is 12.6. The van der Waals surface area contributed by atoms with Gasteiger partial charge in [0.1, 0.15) is 17.3 Å². The van der Waals surface area contributed by atoms with Crippen LogP contribution in [0.2, 0.25) is 5.02 Å². The molecule has 0 bridgehead atoms. The van der Waals surface area contributed by atoms with Gasteiger partial charge in [-0.3, -0.25) is 0 Å². The lowest BCUT2D eigenvalue weighted by atomic mass is 10.3. The SMILES string of the molecule is COc1ccc(Nc2nc(C)cc(Nc3cc(Cl)ccc3OC)n2)cc1. The molecule has 0 aliphatic carbocycles. The van der Waals surface area contributed by atoms with Crippen LogP contribution in [-0.4, -0.2) is 24.2 Å². The number of rotatable bonds is 6. The van der Waals surface area contributed by atoms with E-state index in [0.717, 1.165) is 22.8 Å². The van der Waals surface area contributed by atoms with Gasteiger partial charge in [0.15, 0.2) is 0 Å². The van der Waals surface area contributed by atoms with Gasteiger partial charge in [0.25, 0.3) is 0 Å². The summed E-state index contributed by atoms with van der Waals surface area (Å²) in [7, 11) is 3.24. The minimum absolute atomic E-state index is 0.485. The summed E-state index contributed by atoms with van der Waals surface area (Å²) < 4.78 is 10.5. The fourth-order valence-electron chi connectivity index (χ4n) is 2.41. The van der Waals surface area contributed by atoms with Crippen molar-refractivity contribution in [3.8, 4) is 11.5 Å². The van der Waals surface area contributed by atoms with E-state index in [1.807, 2.05) is 37.3 Å². The first-order valence-corrected chi connectivity index (χ1v) is 8.32. The summed E-state index contributed by atoms with van der Waals surface area (Å²) in [6.45, 7) is 1.90. The summed E-state index contributed by atoms with van der Waals surface area (Å²) in [6, 6.07) is 14.7. The van der Waals surface area contributed by atoms with Gasteiger partial charge in [0.2, 0.25) is 5.95 Å². The molecule has 134 valence electrons. The molecular formula is C19H19ClN4O2. The lowest BCUT2D eigenvalue weighted by molar-refractivity contribution is 0.415. The number of halogens is 1. The van der Waals surface area contributed by atoms with E-state index < -0.39 is 0 Å². The Hall–Kier alpha value is -2.99. The molecule has 0 spiro atoms. The van der Waals surface area contributed by atoms with Gasteiger partial charge in [-0.05, 0) is 49.4 Å². The van der Waals surface area contributed by atoms with Crippen LogP contribution in [0.15, 0.2) is 48.5 Å². The van der Waals surface area contributed by atoms with E-state index in [9.17, 15) is 0 Å². The molecule has 3 aromatic rings. The maximum absolute atomic E-state index is 6.08.